The molecule has 0 atom stereocenters. The predicted octanol–water partition coefficient (Wildman–Crippen LogP) is -1.05. The van der Waals surface area contributed by atoms with Crippen molar-refractivity contribution in [1.82, 2.24) is 25.7 Å². The van der Waals surface area contributed by atoms with Crippen molar-refractivity contribution < 1.29 is 23.6 Å². The van der Waals surface area contributed by atoms with Crippen LogP contribution in [0.1, 0.15) is 0 Å². The number of rotatable bonds is 6. The molecule has 0 bridgehead atoms. The van der Waals surface area contributed by atoms with Crippen LogP contribution in [0.25, 0.3) is 11.2 Å². The normalized spacial score (nSPS) is 11.5. The van der Waals surface area contributed by atoms with Gasteiger partial charge in [-0.2, -0.15) is 4.98 Å². The summed E-state index contributed by atoms with van der Waals surface area (Å²) in [4.78, 5) is 38.5. The minimum absolute atomic E-state index is 0. The average Bonchev–Trinajstić information content (AvgIpc) is 2.70. The Hall–Kier alpha value is -1.82. The molecule has 2 rings (SSSR count). The topological polar surface area (TPSA) is 201 Å². The van der Waals surface area contributed by atoms with Crippen molar-refractivity contribution in [1.29, 1.82) is 0 Å². The highest BCUT2D eigenvalue weighted by atomic mass is 31.2. The van der Waals surface area contributed by atoms with Crippen molar-refractivity contribution in [3.63, 3.8) is 0 Å². The van der Waals surface area contributed by atoms with Crippen molar-refractivity contribution in [3.8, 4) is 0 Å². The lowest BCUT2D eigenvalue weighted by atomic mass is 10.5. The Kier molecular flexibility index (Phi) is 5.54. The number of imidazole rings is 1. The van der Waals surface area contributed by atoms with E-state index in [0.29, 0.717) is 0 Å². The minimum atomic E-state index is -4.49. The lowest BCUT2D eigenvalue weighted by Crippen LogP contribution is -2.13. The largest absolute Gasteiger partial charge is 0.469 e. The molecule has 118 valence electrons. The fourth-order valence-corrected chi connectivity index (χ4v) is 1.76. The van der Waals surface area contributed by atoms with Gasteiger partial charge in [-0.15, -0.1) is 0 Å². The molecule has 0 aromatic carbocycles. The third kappa shape index (κ3) is 4.60. The summed E-state index contributed by atoms with van der Waals surface area (Å²) in [5.41, 5.74) is 5.33. The maximum Gasteiger partial charge on any atom is 0.469 e. The zero-order chi connectivity index (χ0) is 14.8. The van der Waals surface area contributed by atoms with Crippen LogP contribution < -0.4 is 17.4 Å². The number of nitrogens with one attached hydrogen (secondary N) is 1. The van der Waals surface area contributed by atoms with Crippen LogP contribution in [0.5, 0.6) is 0 Å². The number of aromatic amines is 1. The van der Waals surface area contributed by atoms with Gasteiger partial charge in [0.15, 0.2) is 11.2 Å². The summed E-state index contributed by atoms with van der Waals surface area (Å²) in [6.07, 6.45) is 1.34. The van der Waals surface area contributed by atoms with Gasteiger partial charge in [0, 0.05) is 0 Å². The molecule has 8 N–H and O–H groups in total. The van der Waals surface area contributed by atoms with E-state index in [2.05, 4.69) is 19.5 Å². The summed E-state index contributed by atoms with van der Waals surface area (Å²) >= 11 is 0. The maximum atomic E-state index is 11.5. The van der Waals surface area contributed by atoms with E-state index in [1.807, 2.05) is 0 Å². The summed E-state index contributed by atoms with van der Waals surface area (Å²) in [7, 11) is -4.49. The molecule has 2 aromatic rings. The number of nitrogens with zero attached hydrogens (tertiary/aromatic N) is 3. The Morgan fingerprint density at radius 3 is 2.81 bits per heavy atom. The molecule has 0 saturated carbocycles. The molecular formula is C8H15N6O6P. The van der Waals surface area contributed by atoms with Gasteiger partial charge in [-0.25, -0.2) is 9.55 Å². The second-order valence-electron chi connectivity index (χ2n) is 3.70. The van der Waals surface area contributed by atoms with Crippen molar-refractivity contribution >= 4 is 24.9 Å². The van der Waals surface area contributed by atoms with Crippen LogP contribution in [-0.4, -0.2) is 42.5 Å². The van der Waals surface area contributed by atoms with Gasteiger partial charge < -0.3 is 26.4 Å². The Balaban J connectivity index is 0.00000220. The highest BCUT2D eigenvalue weighted by molar-refractivity contribution is 7.46. The summed E-state index contributed by atoms with van der Waals surface area (Å²) in [5, 5.41) is 0. The molecule has 0 amide bonds. The first-order chi connectivity index (χ1) is 9.37. The molecular weight excluding hydrogens is 307 g/mol. The van der Waals surface area contributed by atoms with Gasteiger partial charge in [-0.3, -0.25) is 18.9 Å². The van der Waals surface area contributed by atoms with Crippen molar-refractivity contribution in [2.24, 2.45) is 0 Å². The lowest BCUT2D eigenvalue weighted by molar-refractivity contribution is 0.0474. The Morgan fingerprint density at radius 2 is 2.14 bits per heavy atom. The average molecular weight is 322 g/mol. The Labute approximate surface area is 117 Å². The van der Waals surface area contributed by atoms with Gasteiger partial charge in [0.05, 0.1) is 19.5 Å². The lowest BCUT2D eigenvalue weighted by Gasteiger charge is -2.07. The summed E-state index contributed by atoms with van der Waals surface area (Å²) in [6, 6.07) is 0. The molecule has 13 heteroatoms. The van der Waals surface area contributed by atoms with E-state index in [-0.39, 0.29) is 43.2 Å². The fourth-order valence-electron chi connectivity index (χ4n) is 1.44. The zero-order valence-electron chi connectivity index (χ0n) is 10.8. The van der Waals surface area contributed by atoms with E-state index < -0.39 is 13.4 Å². The quantitative estimate of drug-likeness (QED) is 0.322. The van der Waals surface area contributed by atoms with Gasteiger partial charge in [0.2, 0.25) is 5.95 Å². The molecule has 12 nitrogen and oxygen atoms in total. The van der Waals surface area contributed by atoms with Gasteiger partial charge in [-0.1, -0.05) is 0 Å². The molecule has 0 unspecified atom stereocenters. The van der Waals surface area contributed by atoms with E-state index in [1.54, 1.807) is 0 Å². The smallest absolute Gasteiger partial charge is 0.369 e. The van der Waals surface area contributed by atoms with Crippen LogP contribution in [0, 0.1) is 0 Å². The van der Waals surface area contributed by atoms with Crippen LogP contribution in [-0.2, 0) is 20.6 Å². The first-order valence-corrected chi connectivity index (χ1v) is 6.88. The standard InChI is InChI=1S/C8H12N5O6P.H3N/c9-8-11-6-5(7(14)12-8)10-3-13(6)4-18-1-2-19-20(15,16)17;/h3H,1-2,4H2,(H2,15,16,17)(H3,9,11,12,14);1H3. The Bertz CT molecular complexity index is 707. The molecule has 0 spiro atoms. The van der Waals surface area contributed by atoms with Crippen LogP contribution in [0.3, 0.4) is 0 Å². The van der Waals surface area contributed by atoms with Crippen molar-refractivity contribution in [2.75, 3.05) is 18.9 Å². The fraction of sp³-hybridized carbons (Fsp3) is 0.375. The first-order valence-electron chi connectivity index (χ1n) is 5.35. The summed E-state index contributed by atoms with van der Waals surface area (Å²) < 4.78 is 21.2. The molecule has 2 aromatic heterocycles. The molecule has 21 heavy (non-hydrogen) atoms. The van der Waals surface area contributed by atoms with E-state index in [4.69, 9.17) is 20.3 Å². The van der Waals surface area contributed by atoms with E-state index in [0.717, 1.165) is 0 Å². The van der Waals surface area contributed by atoms with E-state index >= 15 is 0 Å². The van der Waals surface area contributed by atoms with Gasteiger partial charge in [-0.05, 0) is 0 Å². The van der Waals surface area contributed by atoms with Gasteiger partial charge in [0.1, 0.15) is 6.73 Å². The van der Waals surface area contributed by atoms with Crippen LogP contribution in [0.15, 0.2) is 11.1 Å². The third-order valence-electron chi connectivity index (χ3n) is 2.21. The summed E-state index contributed by atoms with van der Waals surface area (Å²) in [6.45, 7) is -0.340. The number of anilines is 1. The van der Waals surface area contributed by atoms with Gasteiger partial charge in [0.25, 0.3) is 5.56 Å². The number of nitrogen functional groups attached to an aromatic ring is 1. The van der Waals surface area contributed by atoms with Crippen molar-refractivity contribution in [3.05, 3.63) is 16.7 Å². The number of fused-ring (bicyclic) bond motifs is 1. The second-order valence-corrected chi connectivity index (χ2v) is 4.94. The number of ether oxygens (including phenoxy) is 1. The molecule has 0 fully saturated rings. The number of phosphoric acid groups is 1. The molecule has 0 aliphatic heterocycles. The summed E-state index contributed by atoms with van der Waals surface area (Å²) in [5.74, 6) is -0.0471. The minimum Gasteiger partial charge on any atom is -0.369 e. The zero-order valence-corrected chi connectivity index (χ0v) is 11.7. The monoisotopic (exact) mass is 322 g/mol. The van der Waals surface area contributed by atoms with E-state index in [9.17, 15) is 9.36 Å². The highest BCUT2D eigenvalue weighted by Gasteiger charge is 2.13. The van der Waals surface area contributed by atoms with Crippen LogP contribution in [0.2, 0.25) is 0 Å². The Morgan fingerprint density at radius 1 is 1.43 bits per heavy atom. The molecule has 0 radical (unpaired) electrons. The maximum absolute atomic E-state index is 11.5. The van der Waals surface area contributed by atoms with Crippen molar-refractivity contribution in [2.45, 2.75) is 6.73 Å². The van der Waals surface area contributed by atoms with Crippen LogP contribution >= 0.6 is 7.82 Å². The number of hydrogen-bond donors (Lipinski definition) is 5. The number of nitrogens with two attached hydrogens (primary N) is 1. The molecule has 0 aliphatic rings. The number of hydrogen-bond acceptors (Lipinski definition) is 8. The molecule has 0 saturated heterocycles. The molecule has 0 aliphatic carbocycles. The predicted molar refractivity (Wildman–Crippen MR) is 71.5 cm³/mol. The van der Waals surface area contributed by atoms with E-state index in [1.165, 1.54) is 10.9 Å². The molecule has 2 heterocycles. The number of aromatic nitrogens is 4. The highest BCUT2D eigenvalue weighted by Crippen LogP contribution is 2.35. The number of phosphoric ester groups is 1. The number of H-pyrrole nitrogens is 1. The van der Waals surface area contributed by atoms with Crippen LogP contribution in [0.4, 0.5) is 5.95 Å². The SMILES string of the molecule is N.Nc1nc2c(ncn2COCCOP(=O)(O)O)c(=O)[nH]1. The first kappa shape index (κ1) is 17.2. The second kappa shape index (κ2) is 6.76. The third-order valence-corrected chi connectivity index (χ3v) is 2.73. The van der Waals surface area contributed by atoms with Gasteiger partial charge >= 0.3 is 7.82 Å².